The second kappa shape index (κ2) is 5.76. The standard InChI is InChI=1S/C14H19NO2S/c1-11-14(13(16)17,8-5-9-18-11)15-10-12-6-3-2-4-7-12/h2-4,6-7,11,15H,5,8-10H2,1H3,(H,16,17). The van der Waals surface area contributed by atoms with E-state index in [2.05, 4.69) is 5.32 Å². The van der Waals surface area contributed by atoms with Gasteiger partial charge in [0.25, 0.3) is 0 Å². The van der Waals surface area contributed by atoms with E-state index in [1.165, 1.54) is 0 Å². The molecule has 1 heterocycles. The molecular formula is C14H19NO2S. The predicted molar refractivity (Wildman–Crippen MR) is 74.8 cm³/mol. The minimum atomic E-state index is -0.779. The van der Waals surface area contributed by atoms with Crippen molar-refractivity contribution in [2.75, 3.05) is 5.75 Å². The van der Waals surface area contributed by atoms with Crippen molar-refractivity contribution in [1.29, 1.82) is 0 Å². The molecule has 1 aromatic carbocycles. The summed E-state index contributed by atoms with van der Waals surface area (Å²) in [6.45, 7) is 2.62. The number of hydrogen-bond donors (Lipinski definition) is 2. The van der Waals surface area contributed by atoms with Crippen LogP contribution in [-0.4, -0.2) is 27.6 Å². The van der Waals surface area contributed by atoms with E-state index in [-0.39, 0.29) is 5.25 Å². The van der Waals surface area contributed by atoms with E-state index >= 15 is 0 Å². The molecule has 1 aromatic rings. The third-order valence-electron chi connectivity index (χ3n) is 3.61. The maximum atomic E-state index is 11.6. The lowest BCUT2D eigenvalue weighted by molar-refractivity contribution is -0.145. The molecule has 0 radical (unpaired) electrons. The topological polar surface area (TPSA) is 49.3 Å². The van der Waals surface area contributed by atoms with E-state index < -0.39 is 11.5 Å². The first-order valence-electron chi connectivity index (χ1n) is 6.29. The summed E-state index contributed by atoms with van der Waals surface area (Å²) >= 11 is 1.75. The van der Waals surface area contributed by atoms with Gasteiger partial charge in [0.15, 0.2) is 0 Å². The van der Waals surface area contributed by atoms with Gasteiger partial charge in [-0.3, -0.25) is 10.1 Å². The Hall–Kier alpha value is -1.00. The van der Waals surface area contributed by atoms with Gasteiger partial charge in [-0.25, -0.2) is 0 Å². The van der Waals surface area contributed by atoms with E-state index in [0.29, 0.717) is 13.0 Å². The Bertz CT molecular complexity index is 410. The summed E-state index contributed by atoms with van der Waals surface area (Å²) in [5.74, 6) is 0.335. The highest BCUT2D eigenvalue weighted by Crippen LogP contribution is 2.34. The normalized spacial score (nSPS) is 27.9. The quantitative estimate of drug-likeness (QED) is 0.878. The van der Waals surface area contributed by atoms with Crippen LogP contribution in [0.5, 0.6) is 0 Å². The molecule has 0 aliphatic carbocycles. The summed E-state index contributed by atoms with van der Waals surface area (Å²) < 4.78 is 0. The molecule has 98 valence electrons. The molecule has 1 aliphatic rings. The molecule has 0 amide bonds. The smallest absolute Gasteiger partial charge is 0.325 e. The van der Waals surface area contributed by atoms with Gasteiger partial charge in [-0.15, -0.1) is 0 Å². The number of carboxylic acid groups (broad SMARTS) is 1. The maximum Gasteiger partial charge on any atom is 0.325 e. The van der Waals surface area contributed by atoms with Crippen LogP contribution in [-0.2, 0) is 11.3 Å². The van der Waals surface area contributed by atoms with E-state index in [1.54, 1.807) is 11.8 Å². The van der Waals surface area contributed by atoms with Crippen molar-refractivity contribution in [3.05, 3.63) is 35.9 Å². The van der Waals surface area contributed by atoms with Crippen molar-refractivity contribution in [2.24, 2.45) is 0 Å². The van der Waals surface area contributed by atoms with Crippen molar-refractivity contribution in [1.82, 2.24) is 5.32 Å². The average Bonchev–Trinajstić information content (AvgIpc) is 2.39. The number of aliphatic carboxylic acids is 1. The fourth-order valence-corrected chi connectivity index (χ4v) is 3.65. The molecule has 1 saturated heterocycles. The van der Waals surface area contributed by atoms with Crippen molar-refractivity contribution >= 4 is 17.7 Å². The summed E-state index contributed by atoms with van der Waals surface area (Å²) in [6.07, 6.45) is 1.67. The molecule has 0 aromatic heterocycles. The first-order chi connectivity index (χ1) is 8.65. The Morgan fingerprint density at radius 2 is 2.22 bits per heavy atom. The molecule has 1 fully saturated rings. The first-order valence-corrected chi connectivity index (χ1v) is 7.34. The molecule has 4 heteroatoms. The highest BCUT2D eigenvalue weighted by atomic mass is 32.2. The predicted octanol–water partition coefficient (Wildman–Crippen LogP) is 2.52. The maximum absolute atomic E-state index is 11.6. The zero-order valence-corrected chi connectivity index (χ0v) is 11.4. The minimum absolute atomic E-state index is 0.104. The molecular weight excluding hydrogens is 246 g/mol. The van der Waals surface area contributed by atoms with Crippen LogP contribution in [0, 0.1) is 0 Å². The number of benzene rings is 1. The molecule has 18 heavy (non-hydrogen) atoms. The first kappa shape index (κ1) is 13.4. The highest BCUT2D eigenvalue weighted by molar-refractivity contribution is 8.00. The van der Waals surface area contributed by atoms with Gasteiger partial charge in [-0.2, -0.15) is 11.8 Å². The SMILES string of the molecule is CC1SCCCC1(NCc1ccccc1)C(=O)O. The summed E-state index contributed by atoms with van der Waals surface area (Å²) in [6, 6.07) is 9.95. The van der Waals surface area contributed by atoms with Crippen LogP contribution in [0.3, 0.4) is 0 Å². The van der Waals surface area contributed by atoms with Gasteiger partial charge in [-0.1, -0.05) is 37.3 Å². The second-order valence-corrected chi connectivity index (χ2v) is 6.18. The molecule has 0 bridgehead atoms. The van der Waals surface area contributed by atoms with Gasteiger partial charge in [-0.05, 0) is 24.2 Å². The van der Waals surface area contributed by atoms with Crippen LogP contribution < -0.4 is 5.32 Å². The third kappa shape index (κ3) is 2.70. The molecule has 0 spiro atoms. The Balaban J connectivity index is 2.09. The average molecular weight is 265 g/mol. The Morgan fingerprint density at radius 3 is 2.83 bits per heavy atom. The molecule has 2 unspecified atom stereocenters. The summed E-state index contributed by atoms with van der Waals surface area (Å²) in [5, 5.41) is 12.9. The number of carbonyl (C=O) groups is 1. The fourth-order valence-electron chi connectivity index (χ4n) is 2.40. The van der Waals surface area contributed by atoms with E-state index in [0.717, 1.165) is 17.7 Å². The number of thioether (sulfide) groups is 1. The molecule has 0 saturated carbocycles. The third-order valence-corrected chi connectivity index (χ3v) is 5.04. The largest absolute Gasteiger partial charge is 0.480 e. The zero-order valence-electron chi connectivity index (χ0n) is 10.6. The van der Waals surface area contributed by atoms with Gasteiger partial charge >= 0.3 is 5.97 Å². The van der Waals surface area contributed by atoms with Crippen LogP contribution in [0.2, 0.25) is 0 Å². The monoisotopic (exact) mass is 265 g/mol. The summed E-state index contributed by atoms with van der Waals surface area (Å²) in [7, 11) is 0. The minimum Gasteiger partial charge on any atom is -0.480 e. The van der Waals surface area contributed by atoms with Gasteiger partial charge < -0.3 is 5.11 Å². The van der Waals surface area contributed by atoms with Gasteiger partial charge in [0.2, 0.25) is 0 Å². The number of carboxylic acids is 1. The lowest BCUT2D eigenvalue weighted by Gasteiger charge is -2.39. The van der Waals surface area contributed by atoms with Crippen molar-refractivity contribution in [3.63, 3.8) is 0 Å². The molecule has 2 N–H and O–H groups in total. The molecule has 2 rings (SSSR count). The van der Waals surface area contributed by atoms with E-state index in [4.69, 9.17) is 0 Å². The highest BCUT2D eigenvalue weighted by Gasteiger charge is 2.45. The molecule has 1 aliphatic heterocycles. The van der Waals surface area contributed by atoms with E-state index in [1.807, 2.05) is 37.3 Å². The lowest BCUT2D eigenvalue weighted by Crippen LogP contribution is -2.59. The zero-order chi connectivity index (χ0) is 13.0. The number of rotatable bonds is 4. The van der Waals surface area contributed by atoms with Crippen molar-refractivity contribution in [3.8, 4) is 0 Å². The van der Waals surface area contributed by atoms with Crippen molar-refractivity contribution < 1.29 is 9.90 Å². The molecule has 3 nitrogen and oxygen atoms in total. The van der Waals surface area contributed by atoms with Gasteiger partial charge in [0.05, 0.1) is 0 Å². The van der Waals surface area contributed by atoms with E-state index in [9.17, 15) is 9.90 Å². The summed E-state index contributed by atoms with van der Waals surface area (Å²) in [4.78, 5) is 11.6. The Kier molecular flexibility index (Phi) is 4.30. The Morgan fingerprint density at radius 1 is 1.50 bits per heavy atom. The fraction of sp³-hybridized carbons (Fsp3) is 0.500. The second-order valence-electron chi connectivity index (χ2n) is 4.73. The van der Waals surface area contributed by atoms with Crippen LogP contribution in [0.25, 0.3) is 0 Å². The van der Waals surface area contributed by atoms with Crippen LogP contribution >= 0.6 is 11.8 Å². The van der Waals surface area contributed by atoms with Gasteiger partial charge in [0, 0.05) is 11.8 Å². The van der Waals surface area contributed by atoms with Crippen LogP contribution in [0.15, 0.2) is 30.3 Å². The van der Waals surface area contributed by atoms with Gasteiger partial charge in [0.1, 0.15) is 5.54 Å². The van der Waals surface area contributed by atoms with Crippen LogP contribution in [0.1, 0.15) is 25.3 Å². The lowest BCUT2D eigenvalue weighted by atomic mass is 9.89. The number of hydrogen-bond acceptors (Lipinski definition) is 3. The van der Waals surface area contributed by atoms with Crippen molar-refractivity contribution in [2.45, 2.75) is 37.1 Å². The number of nitrogens with one attached hydrogen (secondary N) is 1. The van der Waals surface area contributed by atoms with Crippen LogP contribution in [0.4, 0.5) is 0 Å². The molecule has 2 atom stereocenters. The summed E-state index contributed by atoms with van der Waals surface area (Å²) in [5.41, 5.74) is 0.347. The Labute approximate surface area is 112 Å².